The summed E-state index contributed by atoms with van der Waals surface area (Å²) in [6.07, 6.45) is 1.05. The Balaban J connectivity index is 1.98. The molecule has 0 radical (unpaired) electrons. The molecule has 28 heavy (non-hydrogen) atoms. The topological polar surface area (TPSA) is 116 Å². The molecule has 0 bridgehead atoms. The van der Waals surface area contributed by atoms with Gasteiger partial charge in [-0.1, -0.05) is 12.1 Å². The smallest absolute Gasteiger partial charge is 0.340 e. The molecule has 2 aromatic rings. The average molecular weight is 405 g/mol. The van der Waals surface area contributed by atoms with Crippen molar-refractivity contribution in [1.29, 1.82) is 0 Å². The Bertz CT molecular complexity index is 982. The standard InChI is InChI=1S/C19H19NO7S/c1-3-26-19(23)15-6-4-5-7-16(15)20-17(21)12-27-18(22)13-8-10-14(11-9-13)28(2,24)25/h4-11H,3,12H2,1-2H3,(H,20,21). The number of sulfone groups is 1. The minimum Gasteiger partial charge on any atom is -0.462 e. The van der Waals surface area contributed by atoms with Crippen molar-refractivity contribution < 1.29 is 32.3 Å². The summed E-state index contributed by atoms with van der Waals surface area (Å²) in [5.41, 5.74) is 0.520. The lowest BCUT2D eigenvalue weighted by Gasteiger charge is -2.10. The Labute approximate surface area is 162 Å². The van der Waals surface area contributed by atoms with Crippen molar-refractivity contribution in [3.63, 3.8) is 0 Å². The first kappa shape index (κ1) is 21.1. The lowest BCUT2D eigenvalue weighted by atomic mass is 10.2. The van der Waals surface area contributed by atoms with Crippen LogP contribution in [0.1, 0.15) is 27.6 Å². The van der Waals surface area contributed by atoms with Gasteiger partial charge in [-0.15, -0.1) is 0 Å². The van der Waals surface area contributed by atoms with Crippen LogP contribution in [0, 0.1) is 0 Å². The molecule has 0 saturated carbocycles. The monoisotopic (exact) mass is 405 g/mol. The molecule has 148 valence electrons. The van der Waals surface area contributed by atoms with Crippen LogP contribution in [0.2, 0.25) is 0 Å². The number of carbonyl (C=O) groups is 3. The highest BCUT2D eigenvalue weighted by molar-refractivity contribution is 7.90. The molecule has 0 aliphatic carbocycles. The number of hydrogen-bond donors (Lipinski definition) is 1. The first-order chi connectivity index (χ1) is 13.2. The van der Waals surface area contributed by atoms with E-state index in [4.69, 9.17) is 9.47 Å². The van der Waals surface area contributed by atoms with Gasteiger partial charge in [0, 0.05) is 6.26 Å². The van der Waals surface area contributed by atoms with Gasteiger partial charge in [-0.2, -0.15) is 0 Å². The van der Waals surface area contributed by atoms with Gasteiger partial charge in [0.05, 0.1) is 28.3 Å². The molecular formula is C19H19NO7S. The zero-order valence-electron chi connectivity index (χ0n) is 15.3. The molecule has 0 aliphatic heterocycles. The fraction of sp³-hybridized carbons (Fsp3) is 0.211. The quantitative estimate of drug-likeness (QED) is 0.701. The fourth-order valence-electron chi connectivity index (χ4n) is 2.22. The van der Waals surface area contributed by atoms with Crippen LogP contribution in [0.3, 0.4) is 0 Å². The van der Waals surface area contributed by atoms with Crippen LogP contribution in [0.25, 0.3) is 0 Å². The van der Waals surface area contributed by atoms with Gasteiger partial charge >= 0.3 is 11.9 Å². The lowest BCUT2D eigenvalue weighted by Crippen LogP contribution is -2.22. The average Bonchev–Trinajstić information content (AvgIpc) is 2.66. The van der Waals surface area contributed by atoms with Gasteiger partial charge in [0.1, 0.15) is 0 Å². The predicted octanol–water partition coefficient (Wildman–Crippen LogP) is 2.06. The third-order valence-electron chi connectivity index (χ3n) is 3.55. The third-order valence-corrected chi connectivity index (χ3v) is 4.68. The fourth-order valence-corrected chi connectivity index (χ4v) is 2.85. The number of para-hydroxylation sites is 1. The summed E-state index contributed by atoms with van der Waals surface area (Å²) in [6, 6.07) is 11.4. The molecule has 1 amide bonds. The SMILES string of the molecule is CCOC(=O)c1ccccc1NC(=O)COC(=O)c1ccc(S(C)(=O)=O)cc1. The van der Waals surface area contributed by atoms with Crippen molar-refractivity contribution in [2.45, 2.75) is 11.8 Å². The first-order valence-electron chi connectivity index (χ1n) is 8.25. The van der Waals surface area contributed by atoms with Crippen LogP contribution in [-0.4, -0.2) is 45.7 Å². The molecule has 0 unspecified atom stereocenters. The minimum absolute atomic E-state index is 0.0670. The lowest BCUT2D eigenvalue weighted by molar-refractivity contribution is -0.119. The van der Waals surface area contributed by atoms with E-state index in [0.29, 0.717) is 0 Å². The van der Waals surface area contributed by atoms with E-state index in [1.54, 1.807) is 19.1 Å². The number of amides is 1. The van der Waals surface area contributed by atoms with Gasteiger partial charge < -0.3 is 14.8 Å². The van der Waals surface area contributed by atoms with E-state index in [2.05, 4.69) is 5.32 Å². The summed E-state index contributed by atoms with van der Waals surface area (Å²) in [7, 11) is -3.37. The van der Waals surface area contributed by atoms with E-state index >= 15 is 0 Å². The van der Waals surface area contributed by atoms with Gasteiger partial charge in [-0.05, 0) is 43.3 Å². The van der Waals surface area contributed by atoms with E-state index in [-0.39, 0.29) is 28.3 Å². The van der Waals surface area contributed by atoms with Crippen molar-refractivity contribution in [3.8, 4) is 0 Å². The van der Waals surface area contributed by atoms with Crippen LogP contribution in [0.15, 0.2) is 53.4 Å². The minimum atomic E-state index is -3.37. The van der Waals surface area contributed by atoms with Gasteiger partial charge in [0.15, 0.2) is 16.4 Å². The molecule has 2 aromatic carbocycles. The Morgan fingerprint density at radius 2 is 1.57 bits per heavy atom. The predicted molar refractivity (Wildman–Crippen MR) is 101 cm³/mol. The van der Waals surface area contributed by atoms with E-state index in [1.165, 1.54) is 36.4 Å². The highest BCUT2D eigenvalue weighted by Gasteiger charge is 2.16. The molecule has 0 spiro atoms. The number of ether oxygens (including phenoxy) is 2. The number of hydrogen-bond acceptors (Lipinski definition) is 7. The summed E-state index contributed by atoms with van der Waals surface area (Å²) >= 11 is 0. The number of nitrogens with one attached hydrogen (secondary N) is 1. The molecule has 2 rings (SSSR count). The Kier molecular flexibility index (Phi) is 6.89. The van der Waals surface area contributed by atoms with E-state index in [9.17, 15) is 22.8 Å². The normalized spacial score (nSPS) is 10.8. The largest absolute Gasteiger partial charge is 0.462 e. The van der Waals surface area contributed by atoms with Gasteiger partial charge in [-0.25, -0.2) is 18.0 Å². The van der Waals surface area contributed by atoms with Gasteiger partial charge in [-0.3, -0.25) is 4.79 Å². The van der Waals surface area contributed by atoms with Gasteiger partial charge in [0.25, 0.3) is 5.91 Å². The van der Waals surface area contributed by atoms with Crippen molar-refractivity contribution in [2.24, 2.45) is 0 Å². The van der Waals surface area contributed by atoms with Crippen LogP contribution >= 0.6 is 0 Å². The Morgan fingerprint density at radius 1 is 0.929 bits per heavy atom. The van der Waals surface area contributed by atoms with E-state index in [0.717, 1.165) is 6.26 Å². The molecule has 1 N–H and O–H groups in total. The molecule has 0 atom stereocenters. The number of anilines is 1. The zero-order chi connectivity index (χ0) is 20.7. The maximum Gasteiger partial charge on any atom is 0.340 e. The Morgan fingerprint density at radius 3 is 2.18 bits per heavy atom. The molecule has 0 fully saturated rings. The maximum atomic E-state index is 12.0. The van der Waals surface area contributed by atoms with Crippen molar-refractivity contribution in [2.75, 3.05) is 24.8 Å². The van der Waals surface area contributed by atoms with E-state index in [1.807, 2.05) is 0 Å². The summed E-state index contributed by atoms with van der Waals surface area (Å²) in [6.45, 7) is 1.28. The number of benzene rings is 2. The number of esters is 2. The van der Waals surface area contributed by atoms with Gasteiger partial charge in [0.2, 0.25) is 0 Å². The summed E-state index contributed by atoms with van der Waals surface area (Å²) in [5.74, 6) is -2.01. The van der Waals surface area contributed by atoms with Crippen LogP contribution in [0.5, 0.6) is 0 Å². The van der Waals surface area contributed by atoms with Crippen molar-refractivity contribution >= 4 is 33.4 Å². The molecule has 0 aliphatic rings. The first-order valence-corrected chi connectivity index (χ1v) is 10.1. The second kappa shape index (κ2) is 9.14. The van der Waals surface area contributed by atoms with Crippen LogP contribution in [0.4, 0.5) is 5.69 Å². The Hall–Kier alpha value is -3.20. The van der Waals surface area contributed by atoms with Crippen molar-refractivity contribution in [3.05, 3.63) is 59.7 Å². The second-order valence-electron chi connectivity index (χ2n) is 5.69. The molecule has 0 saturated heterocycles. The van der Waals surface area contributed by atoms with Crippen LogP contribution < -0.4 is 5.32 Å². The zero-order valence-corrected chi connectivity index (χ0v) is 16.1. The van der Waals surface area contributed by atoms with Crippen molar-refractivity contribution in [1.82, 2.24) is 0 Å². The molecule has 0 heterocycles. The number of carbonyl (C=O) groups excluding carboxylic acids is 3. The summed E-state index contributed by atoms with van der Waals surface area (Å²) < 4.78 is 32.7. The highest BCUT2D eigenvalue weighted by atomic mass is 32.2. The molecule has 9 heteroatoms. The molecule has 0 aromatic heterocycles. The molecule has 8 nitrogen and oxygen atoms in total. The van der Waals surface area contributed by atoms with Crippen LogP contribution in [-0.2, 0) is 24.1 Å². The molecular weight excluding hydrogens is 386 g/mol. The number of rotatable bonds is 7. The highest BCUT2D eigenvalue weighted by Crippen LogP contribution is 2.16. The maximum absolute atomic E-state index is 12.0. The third kappa shape index (κ3) is 5.65. The second-order valence-corrected chi connectivity index (χ2v) is 7.70. The summed E-state index contributed by atoms with van der Waals surface area (Å²) in [4.78, 5) is 36.0. The summed E-state index contributed by atoms with van der Waals surface area (Å²) in [5, 5.41) is 2.49. The van der Waals surface area contributed by atoms with E-state index < -0.39 is 34.3 Å².